The van der Waals surface area contributed by atoms with Gasteiger partial charge in [0.25, 0.3) is 0 Å². The second kappa shape index (κ2) is 5.07. The van der Waals surface area contributed by atoms with E-state index in [2.05, 4.69) is 0 Å². The van der Waals surface area contributed by atoms with Crippen LogP contribution >= 0.6 is 11.6 Å². The summed E-state index contributed by atoms with van der Waals surface area (Å²) in [5, 5.41) is 0.662. The minimum absolute atomic E-state index is 0.0981. The molecule has 0 saturated heterocycles. The van der Waals surface area contributed by atoms with Gasteiger partial charge in [-0.2, -0.15) is 0 Å². The number of halogens is 1. The number of carbonyl (C=O) groups is 1. The molecule has 0 aliphatic heterocycles. The van der Waals surface area contributed by atoms with Crippen molar-refractivity contribution in [1.29, 1.82) is 0 Å². The molecule has 0 bridgehead atoms. The zero-order valence-electron chi connectivity index (χ0n) is 10.7. The van der Waals surface area contributed by atoms with Crippen LogP contribution in [-0.4, -0.2) is 23.4 Å². The lowest BCUT2D eigenvalue weighted by Crippen LogP contribution is -2.50. The number of rotatable bonds is 3. The number of benzene rings is 1. The Kier molecular flexibility index (Phi) is 4.17. The van der Waals surface area contributed by atoms with E-state index in [-0.39, 0.29) is 11.9 Å². The van der Waals surface area contributed by atoms with Gasteiger partial charge in [0, 0.05) is 12.1 Å². The molecule has 0 heterocycles. The van der Waals surface area contributed by atoms with Gasteiger partial charge < -0.3 is 10.6 Å². The molecule has 17 heavy (non-hydrogen) atoms. The maximum Gasteiger partial charge on any atom is 0.242 e. The van der Waals surface area contributed by atoms with Gasteiger partial charge in [-0.3, -0.25) is 4.79 Å². The molecule has 1 rings (SSSR count). The monoisotopic (exact) mass is 254 g/mol. The van der Waals surface area contributed by atoms with Crippen molar-refractivity contribution in [1.82, 2.24) is 4.90 Å². The first-order valence-electron chi connectivity index (χ1n) is 5.55. The third-order valence-corrected chi connectivity index (χ3v) is 3.15. The van der Waals surface area contributed by atoms with Crippen molar-refractivity contribution in [3.63, 3.8) is 0 Å². The Morgan fingerprint density at radius 1 is 1.41 bits per heavy atom. The number of hydrogen-bond acceptors (Lipinski definition) is 2. The summed E-state index contributed by atoms with van der Waals surface area (Å²) in [6.07, 6.45) is 0. The Labute approximate surface area is 108 Å². The molecule has 3 nitrogen and oxygen atoms in total. The molecule has 1 atom stereocenters. The van der Waals surface area contributed by atoms with Crippen LogP contribution in [0.15, 0.2) is 24.3 Å². The molecular weight excluding hydrogens is 236 g/mol. The fourth-order valence-corrected chi connectivity index (χ4v) is 1.95. The zero-order chi connectivity index (χ0) is 13.2. The highest BCUT2D eigenvalue weighted by atomic mass is 35.5. The molecule has 94 valence electrons. The molecule has 0 fully saturated rings. The van der Waals surface area contributed by atoms with Gasteiger partial charge in [-0.1, -0.05) is 29.8 Å². The average Bonchev–Trinajstić information content (AvgIpc) is 2.25. The van der Waals surface area contributed by atoms with Gasteiger partial charge in [0.15, 0.2) is 0 Å². The van der Waals surface area contributed by atoms with Crippen molar-refractivity contribution in [2.75, 3.05) is 7.05 Å². The van der Waals surface area contributed by atoms with Gasteiger partial charge in [0.05, 0.1) is 11.6 Å². The van der Waals surface area contributed by atoms with Crippen LogP contribution < -0.4 is 5.73 Å². The molecule has 1 unspecified atom stereocenters. The molecule has 0 aromatic heterocycles. The van der Waals surface area contributed by atoms with Crippen LogP contribution in [0.25, 0.3) is 0 Å². The smallest absolute Gasteiger partial charge is 0.242 e. The number of nitrogens with two attached hydrogens (primary N) is 1. The molecule has 2 N–H and O–H groups in total. The van der Waals surface area contributed by atoms with Crippen molar-refractivity contribution < 1.29 is 4.79 Å². The molecule has 1 aromatic carbocycles. The number of amides is 1. The number of likely N-dealkylation sites (N-methyl/N-ethyl adjacent to an activating group) is 1. The molecule has 4 heteroatoms. The summed E-state index contributed by atoms with van der Waals surface area (Å²) < 4.78 is 0. The topological polar surface area (TPSA) is 46.3 Å². The average molecular weight is 255 g/mol. The molecule has 1 amide bonds. The van der Waals surface area contributed by atoms with Crippen molar-refractivity contribution in [2.24, 2.45) is 5.73 Å². The summed E-state index contributed by atoms with van der Waals surface area (Å²) in [7, 11) is 1.74. The number of hydrogen-bond donors (Lipinski definition) is 1. The highest BCUT2D eigenvalue weighted by Crippen LogP contribution is 2.27. The van der Waals surface area contributed by atoms with E-state index in [4.69, 9.17) is 17.3 Å². The number of nitrogens with zero attached hydrogens (tertiary/aromatic N) is 1. The molecule has 0 saturated carbocycles. The van der Waals surface area contributed by atoms with E-state index in [9.17, 15) is 4.79 Å². The summed E-state index contributed by atoms with van der Waals surface area (Å²) in [6, 6.07) is 7.41. The lowest BCUT2D eigenvalue weighted by Gasteiger charge is -2.31. The Hall–Kier alpha value is -1.06. The second-order valence-electron chi connectivity index (χ2n) is 4.84. The number of carbonyl (C=O) groups excluding carboxylic acids is 1. The first-order valence-corrected chi connectivity index (χ1v) is 5.93. The SMILES string of the molecule is CC(c1ccccc1Cl)N(C)C(=O)C(C)(C)N. The van der Waals surface area contributed by atoms with Crippen LogP contribution in [0.3, 0.4) is 0 Å². The fraction of sp³-hybridized carbons (Fsp3) is 0.462. The third kappa shape index (κ3) is 3.20. The van der Waals surface area contributed by atoms with Crippen molar-refractivity contribution in [2.45, 2.75) is 32.4 Å². The summed E-state index contributed by atoms with van der Waals surface area (Å²) >= 11 is 6.11. The summed E-state index contributed by atoms with van der Waals surface area (Å²) in [6.45, 7) is 5.33. The van der Waals surface area contributed by atoms with Crippen LogP contribution in [0.1, 0.15) is 32.4 Å². The van der Waals surface area contributed by atoms with Crippen molar-refractivity contribution in [3.8, 4) is 0 Å². The van der Waals surface area contributed by atoms with E-state index in [1.54, 1.807) is 25.8 Å². The van der Waals surface area contributed by atoms with E-state index in [0.717, 1.165) is 5.56 Å². The predicted molar refractivity (Wildman–Crippen MR) is 70.9 cm³/mol. The first kappa shape index (κ1) is 14.0. The molecule has 0 radical (unpaired) electrons. The van der Waals surface area contributed by atoms with E-state index in [1.165, 1.54) is 0 Å². The van der Waals surface area contributed by atoms with Crippen LogP contribution in [0.2, 0.25) is 5.02 Å². The standard InChI is InChI=1S/C13H19ClN2O/c1-9(10-7-5-6-8-11(10)14)16(4)12(17)13(2,3)15/h5-9H,15H2,1-4H3. The minimum atomic E-state index is -0.871. The van der Waals surface area contributed by atoms with E-state index in [1.807, 2.05) is 31.2 Å². The quantitative estimate of drug-likeness (QED) is 0.901. The van der Waals surface area contributed by atoms with Crippen LogP contribution in [0.5, 0.6) is 0 Å². The zero-order valence-corrected chi connectivity index (χ0v) is 11.5. The lowest BCUT2D eigenvalue weighted by molar-refractivity contribution is -0.136. The molecule has 1 aromatic rings. The predicted octanol–water partition coefficient (Wildman–Crippen LogP) is 2.60. The highest BCUT2D eigenvalue weighted by molar-refractivity contribution is 6.31. The third-order valence-electron chi connectivity index (χ3n) is 2.81. The maximum atomic E-state index is 12.0. The van der Waals surface area contributed by atoms with Crippen molar-refractivity contribution in [3.05, 3.63) is 34.9 Å². The molecule has 0 spiro atoms. The van der Waals surface area contributed by atoms with Gasteiger partial charge in [-0.15, -0.1) is 0 Å². The summed E-state index contributed by atoms with van der Waals surface area (Å²) in [5.74, 6) is -0.107. The van der Waals surface area contributed by atoms with Gasteiger partial charge in [-0.25, -0.2) is 0 Å². The maximum absolute atomic E-state index is 12.0. The van der Waals surface area contributed by atoms with Crippen LogP contribution in [0, 0.1) is 0 Å². The van der Waals surface area contributed by atoms with Gasteiger partial charge in [-0.05, 0) is 32.4 Å². The minimum Gasteiger partial charge on any atom is -0.337 e. The Morgan fingerprint density at radius 2 is 1.94 bits per heavy atom. The Morgan fingerprint density at radius 3 is 2.41 bits per heavy atom. The van der Waals surface area contributed by atoms with Gasteiger partial charge >= 0.3 is 0 Å². The fourth-order valence-electron chi connectivity index (χ4n) is 1.65. The van der Waals surface area contributed by atoms with Crippen LogP contribution in [0.4, 0.5) is 0 Å². The Bertz CT molecular complexity index is 412. The van der Waals surface area contributed by atoms with E-state index >= 15 is 0 Å². The summed E-state index contributed by atoms with van der Waals surface area (Å²) in [5.41, 5.74) is 5.86. The lowest BCUT2D eigenvalue weighted by atomic mass is 10.0. The molecular formula is C13H19ClN2O. The van der Waals surface area contributed by atoms with Gasteiger partial charge in [0.2, 0.25) is 5.91 Å². The van der Waals surface area contributed by atoms with E-state index < -0.39 is 5.54 Å². The largest absolute Gasteiger partial charge is 0.337 e. The molecule has 0 aliphatic carbocycles. The Balaban J connectivity index is 2.95. The van der Waals surface area contributed by atoms with Crippen LogP contribution in [-0.2, 0) is 4.79 Å². The molecule has 0 aliphatic rings. The first-order chi connectivity index (χ1) is 7.75. The van der Waals surface area contributed by atoms with Gasteiger partial charge in [0.1, 0.15) is 0 Å². The normalized spacial score (nSPS) is 13.3. The second-order valence-corrected chi connectivity index (χ2v) is 5.24. The van der Waals surface area contributed by atoms with Crippen molar-refractivity contribution >= 4 is 17.5 Å². The summed E-state index contributed by atoms with van der Waals surface area (Å²) in [4.78, 5) is 13.7. The highest BCUT2D eigenvalue weighted by Gasteiger charge is 2.29. The van der Waals surface area contributed by atoms with E-state index in [0.29, 0.717) is 5.02 Å².